The number of benzene rings is 2. The Kier molecular flexibility index (Phi) is 8.96. The molecule has 1 aliphatic heterocycles. The van der Waals surface area contributed by atoms with Crippen LogP contribution < -0.4 is 19.7 Å². The third kappa shape index (κ3) is 6.84. The number of hydrogen-bond acceptors (Lipinski definition) is 5. The standard InChI is InChI=1S/C29H28F4N4O3.ClH/c1-18-27(26-16-23(39-2)11-14-37(26)35-18)28(38)34-17-19-3-8-25(24(30)15-19)36-12-9-21(10-13-36)20-4-6-22(7-5-20)40-29(31,32)33;/h3-8,11,14-16,21H,9-10,12-13,17H2,1-2H3,(H,34,38);1H. The second-order valence-corrected chi connectivity index (χ2v) is 9.70. The molecule has 3 heterocycles. The highest BCUT2D eigenvalue weighted by Crippen LogP contribution is 2.33. The fraction of sp³-hybridized carbons (Fsp3) is 0.310. The first-order valence-electron chi connectivity index (χ1n) is 12.8. The fourth-order valence-corrected chi connectivity index (χ4v) is 5.13. The van der Waals surface area contributed by atoms with E-state index >= 15 is 4.39 Å². The monoisotopic (exact) mass is 592 g/mol. The molecule has 1 fully saturated rings. The van der Waals surface area contributed by atoms with E-state index in [-0.39, 0.29) is 42.3 Å². The van der Waals surface area contributed by atoms with Crippen LogP contribution in [-0.2, 0) is 6.54 Å². The van der Waals surface area contributed by atoms with Gasteiger partial charge in [0.2, 0.25) is 0 Å². The maximum absolute atomic E-state index is 15.1. The van der Waals surface area contributed by atoms with Crippen molar-refractivity contribution in [2.75, 3.05) is 25.1 Å². The van der Waals surface area contributed by atoms with Gasteiger partial charge in [0.15, 0.2) is 0 Å². The summed E-state index contributed by atoms with van der Waals surface area (Å²) in [6.45, 7) is 3.11. The molecule has 0 aliphatic carbocycles. The number of carbonyl (C=O) groups excluding carboxylic acids is 1. The topological polar surface area (TPSA) is 68.1 Å². The van der Waals surface area contributed by atoms with Crippen LogP contribution in [0.1, 0.15) is 45.9 Å². The van der Waals surface area contributed by atoms with Crippen molar-refractivity contribution in [2.24, 2.45) is 0 Å². The number of piperidine rings is 1. The van der Waals surface area contributed by atoms with Gasteiger partial charge in [-0.15, -0.1) is 25.6 Å². The van der Waals surface area contributed by atoms with E-state index in [4.69, 9.17) is 4.74 Å². The lowest BCUT2D eigenvalue weighted by Gasteiger charge is -2.34. The summed E-state index contributed by atoms with van der Waals surface area (Å²) in [5, 5.41) is 7.23. The molecule has 218 valence electrons. The smallest absolute Gasteiger partial charge is 0.497 e. The lowest BCUT2D eigenvalue weighted by Crippen LogP contribution is -2.33. The molecule has 1 aliphatic rings. The second-order valence-electron chi connectivity index (χ2n) is 9.70. The van der Waals surface area contributed by atoms with E-state index in [1.165, 1.54) is 18.2 Å². The van der Waals surface area contributed by atoms with Gasteiger partial charge in [0.25, 0.3) is 5.91 Å². The van der Waals surface area contributed by atoms with Gasteiger partial charge in [0, 0.05) is 31.9 Å². The zero-order valence-corrected chi connectivity index (χ0v) is 23.2. The van der Waals surface area contributed by atoms with Crippen LogP contribution in [0, 0.1) is 12.7 Å². The SMILES string of the molecule is COc1ccn2nc(C)c(C(=O)NCc3ccc(N4CCC(c5ccc(OC(F)(F)F)cc5)CC4)c(F)c3)c2c1.Cl. The summed E-state index contributed by atoms with van der Waals surface area (Å²) in [4.78, 5) is 14.9. The molecule has 0 radical (unpaired) electrons. The largest absolute Gasteiger partial charge is 0.573 e. The summed E-state index contributed by atoms with van der Waals surface area (Å²) in [6, 6.07) is 14.4. The quantitative estimate of drug-likeness (QED) is 0.251. The van der Waals surface area contributed by atoms with Crippen LogP contribution in [-0.4, -0.2) is 42.1 Å². The van der Waals surface area contributed by atoms with Gasteiger partial charge in [-0.2, -0.15) is 5.10 Å². The minimum atomic E-state index is -4.72. The van der Waals surface area contributed by atoms with Crippen LogP contribution in [0.2, 0.25) is 0 Å². The van der Waals surface area contributed by atoms with Crippen molar-refractivity contribution in [3.8, 4) is 11.5 Å². The molecule has 5 rings (SSSR count). The predicted molar refractivity (Wildman–Crippen MR) is 149 cm³/mol. The minimum absolute atomic E-state index is 0. The number of hydrogen-bond donors (Lipinski definition) is 1. The molecule has 1 amide bonds. The van der Waals surface area contributed by atoms with Crippen molar-refractivity contribution >= 4 is 29.5 Å². The Morgan fingerprint density at radius 3 is 2.39 bits per heavy atom. The van der Waals surface area contributed by atoms with E-state index in [0.717, 1.165) is 18.4 Å². The maximum Gasteiger partial charge on any atom is 0.573 e. The number of anilines is 1. The molecule has 0 bridgehead atoms. The van der Waals surface area contributed by atoms with E-state index < -0.39 is 6.36 Å². The van der Waals surface area contributed by atoms with Crippen molar-refractivity contribution in [3.63, 3.8) is 0 Å². The van der Waals surface area contributed by atoms with Gasteiger partial charge in [-0.05, 0) is 67.1 Å². The molecule has 41 heavy (non-hydrogen) atoms. The number of carbonyl (C=O) groups is 1. The third-order valence-corrected chi connectivity index (χ3v) is 7.13. The van der Waals surface area contributed by atoms with Gasteiger partial charge in [-0.25, -0.2) is 8.91 Å². The Hall–Kier alpha value is -3.99. The number of pyridine rings is 1. The zero-order chi connectivity index (χ0) is 28.4. The molecule has 2 aromatic carbocycles. The molecule has 0 atom stereocenters. The molecule has 0 unspecified atom stereocenters. The molecule has 2 aromatic heterocycles. The van der Waals surface area contributed by atoms with Crippen LogP contribution in [0.4, 0.5) is 23.2 Å². The number of alkyl halides is 3. The molecule has 7 nitrogen and oxygen atoms in total. The fourth-order valence-electron chi connectivity index (χ4n) is 5.13. The Bertz CT molecular complexity index is 1520. The Labute approximate surface area is 240 Å². The number of nitrogens with one attached hydrogen (secondary N) is 1. The molecular weight excluding hydrogens is 564 g/mol. The number of aromatic nitrogens is 2. The average molecular weight is 593 g/mol. The number of rotatable bonds is 7. The third-order valence-electron chi connectivity index (χ3n) is 7.13. The van der Waals surface area contributed by atoms with Crippen molar-refractivity contribution in [1.29, 1.82) is 0 Å². The first kappa shape index (κ1) is 30.0. The zero-order valence-electron chi connectivity index (χ0n) is 22.4. The Balaban J connectivity index is 0.00000387. The molecule has 12 heteroatoms. The van der Waals surface area contributed by atoms with Crippen LogP contribution in [0.3, 0.4) is 0 Å². The highest BCUT2D eigenvalue weighted by Gasteiger charge is 2.31. The summed E-state index contributed by atoms with van der Waals surface area (Å²) in [5.74, 6) is -0.171. The van der Waals surface area contributed by atoms with Crippen molar-refractivity contribution < 1.29 is 31.8 Å². The lowest BCUT2D eigenvalue weighted by molar-refractivity contribution is -0.274. The predicted octanol–water partition coefficient (Wildman–Crippen LogP) is 6.42. The number of halogens is 5. The van der Waals surface area contributed by atoms with E-state index in [1.54, 1.807) is 61.1 Å². The summed E-state index contributed by atoms with van der Waals surface area (Å²) in [7, 11) is 1.55. The Morgan fingerprint density at radius 2 is 1.76 bits per heavy atom. The van der Waals surface area contributed by atoms with Gasteiger partial charge >= 0.3 is 6.36 Å². The summed E-state index contributed by atoms with van der Waals surface area (Å²) >= 11 is 0. The van der Waals surface area contributed by atoms with E-state index in [9.17, 15) is 18.0 Å². The van der Waals surface area contributed by atoms with E-state index in [1.807, 2.05) is 4.90 Å². The number of amides is 1. The van der Waals surface area contributed by atoms with Crippen molar-refractivity contribution in [2.45, 2.75) is 38.6 Å². The highest BCUT2D eigenvalue weighted by molar-refractivity contribution is 6.02. The molecule has 4 aromatic rings. The number of ether oxygens (including phenoxy) is 2. The van der Waals surface area contributed by atoms with Crippen molar-refractivity contribution in [3.05, 3.63) is 89.0 Å². The van der Waals surface area contributed by atoms with Gasteiger partial charge in [-0.3, -0.25) is 4.79 Å². The Morgan fingerprint density at radius 1 is 1.05 bits per heavy atom. The van der Waals surface area contributed by atoms with Crippen molar-refractivity contribution in [1.82, 2.24) is 14.9 Å². The first-order valence-corrected chi connectivity index (χ1v) is 12.8. The lowest BCUT2D eigenvalue weighted by atomic mass is 9.89. The highest BCUT2D eigenvalue weighted by atomic mass is 35.5. The van der Waals surface area contributed by atoms with E-state index in [0.29, 0.717) is 46.9 Å². The van der Waals surface area contributed by atoms with Crippen LogP contribution >= 0.6 is 12.4 Å². The van der Waals surface area contributed by atoms with Gasteiger partial charge < -0.3 is 19.7 Å². The number of aryl methyl sites for hydroxylation is 1. The van der Waals surface area contributed by atoms with E-state index in [2.05, 4.69) is 15.2 Å². The number of methoxy groups -OCH3 is 1. The van der Waals surface area contributed by atoms with Crippen LogP contribution in [0.25, 0.3) is 5.52 Å². The average Bonchev–Trinajstić information content (AvgIpc) is 3.26. The van der Waals surface area contributed by atoms with Gasteiger partial charge in [-0.1, -0.05) is 18.2 Å². The summed E-state index contributed by atoms with van der Waals surface area (Å²) in [5.41, 5.74) is 3.65. The summed E-state index contributed by atoms with van der Waals surface area (Å²) in [6.07, 6.45) is -1.53. The minimum Gasteiger partial charge on any atom is -0.497 e. The number of nitrogens with zero attached hydrogens (tertiary/aromatic N) is 3. The molecule has 0 saturated carbocycles. The molecule has 0 spiro atoms. The van der Waals surface area contributed by atoms with Crippen LogP contribution in [0.15, 0.2) is 60.8 Å². The normalized spacial score (nSPS) is 14.0. The van der Waals surface area contributed by atoms with Crippen LogP contribution in [0.5, 0.6) is 11.5 Å². The molecule has 1 saturated heterocycles. The maximum atomic E-state index is 15.1. The molecule has 1 N–H and O–H groups in total. The summed E-state index contributed by atoms with van der Waals surface area (Å²) < 4.78 is 63.1. The molecular formula is C29H29ClF4N4O3. The van der Waals surface area contributed by atoms with Gasteiger partial charge in [0.1, 0.15) is 17.3 Å². The second kappa shape index (κ2) is 12.3. The first-order chi connectivity index (χ1) is 19.1. The van der Waals surface area contributed by atoms with Gasteiger partial charge in [0.05, 0.1) is 29.6 Å². The number of fused-ring (bicyclic) bond motifs is 1.